The Balaban J connectivity index is 1.99. The van der Waals surface area contributed by atoms with Crippen molar-refractivity contribution in [2.45, 2.75) is 24.9 Å². The van der Waals surface area contributed by atoms with Crippen LogP contribution in [0.1, 0.15) is 16.8 Å². The van der Waals surface area contributed by atoms with Gasteiger partial charge in [0.2, 0.25) is 5.91 Å². The molecule has 1 fully saturated rings. The summed E-state index contributed by atoms with van der Waals surface area (Å²) in [5.41, 5.74) is 0.0140. The topological polar surface area (TPSA) is 78.9 Å². The third-order valence-electron chi connectivity index (χ3n) is 3.56. The number of carbonyl (C=O) groups excluding carboxylic acids is 2. The van der Waals surface area contributed by atoms with Crippen molar-refractivity contribution in [1.82, 2.24) is 4.90 Å². The van der Waals surface area contributed by atoms with Gasteiger partial charge in [0, 0.05) is 13.0 Å². The number of aliphatic hydroxyl groups is 1. The maximum absolute atomic E-state index is 12.4. The van der Waals surface area contributed by atoms with E-state index in [0.717, 1.165) is 17.0 Å². The number of alkyl halides is 3. The molecule has 0 aromatic heterocycles. The van der Waals surface area contributed by atoms with Crippen LogP contribution in [0.15, 0.2) is 18.2 Å². The van der Waals surface area contributed by atoms with E-state index in [9.17, 15) is 27.9 Å². The second-order valence-electron chi connectivity index (χ2n) is 5.11. The van der Waals surface area contributed by atoms with Crippen LogP contribution in [0.2, 0.25) is 0 Å². The lowest BCUT2D eigenvalue weighted by Crippen LogP contribution is -2.40. The number of halogens is 3. The Morgan fingerprint density at radius 1 is 1.32 bits per heavy atom. The fourth-order valence-corrected chi connectivity index (χ4v) is 2.66. The number of benzene rings is 1. The molecular weight excluding hydrogens is 305 g/mol. The summed E-state index contributed by atoms with van der Waals surface area (Å²) in [4.78, 5) is 25.6. The van der Waals surface area contributed by atoms with Gasteiger partial charge in [-0.1, -0.05) is 0 Å². The van der Waals surface area contributed by atoms with Crippen molar-refractivity contribution in [3.8, 4) is 5.75 Å². The number of nitrogens with one attached hydrogen (secondary N) is 1. The largest absolute Gasteiger partial charge is 0.573 e. The fraction of sp³-hybridized carbons (Fsp3) is 0.385. The molecule has 2 heterocycles. The van der Waals surface area contributed by atoms with E-state index in [4.69, 9.17) is 0 Å². The molecule has 2 aliphatic heterocycles. The predicted octanol–water partition coefficient (Wildman–Crippen LogP) is 1.11. The molecule has 9 heteroatoms. The average Bonchev–Trinajstić information content (AvgIpc) is 2.76. The van der Waals surface area contributed by atoms with Gasteiger partial charge in [0.05, 0.1) is 17.4 Å². The number of aliphatic hydroxyl groups excluding tert-OH is 1. The highest BCUT2D eigenvalue weighted by Crippen LogP contribution is 2.32. The van der Waals surface area contributed by atoms with Gasteiger partial charge < -0.3 is 20.1 Å². The Morgan fingerprint density at radius 3 is 2.73 bits per heavy atom. The molecule has 0 saturated carbocycles. The zero-order valence-electron chi connectivity index (χ0n) is 11.1. The highest BCUT2D eigenvalue weighted by Gasteiger charge is 2.42. The van der Waals surface area contributed by atoms with E-state index in [1.807, 2.05) is 0 Å². The summed E-state index contributed by atoms with van der Waals surface area (Å²) in [5.74, 6) is -1.65. The molecule has 0 radical (unpaired) electrons. The van der Waals surface area contributed by atoms with Crippen LogP contribution < -0.4 is 10.1 Å². The molecule has 6 nitrogen and oxygen atoms in total. The summed E-state index contributed by atoms with van der Waals surface area (Å²) in [7, 11) is 0. The number of nitrogens with zero attached hydrogens (tertiary/aromatic N) is 1. The Morgan fingerprint density at radius 2 is 2.05 bits per heavy atom. The Kier molecular flexibility index (Phi) is 3.24. The van der Waals surface area contributed by atoms with Crippen LogP contribution in [0.5, 0.6) is 5.75 Å². The first-order valence-corrected chi connectivity index (χ1v) is 6.44. The van der Waals surface area contributed by atoms with Gasteiger partial charge in [0.25, 0.3) is 5.91 Å². The van der Waals surface area contributed by atoms with Crippen molar-refractivity contribution in [3.05, 3.63) is 23.8 Å². The Hall–Kier alpha value is -2.29. The summed E-state index contributed by atoms with van der Waals surface area (Å²) >= 11 is 0. The van der Waals surface area contributed by atoms with E-state index in [-0.39, 0.29) is 24.2 Å². The summed E-state index contributed by atoms with van der Waals surface area (Å²) < 4.78 is 40.6. The minimum Gasteiger partial charge on any atom is -0.406 e. The molecule has 1 saturated heterocycles. The Bertz CT molecular complexity index is 647. The van der Waals surface area contributed by atoms with Crippen LogP contribution in [0.3, 0.4) is 0 Å². The minimum atomic E-state index is -4.88. The number of hydrogen-bond donors (Lipinski definition) is 2. The number of fused-ring (bicyclic) bond motifs is 2. The molecule has 22 heavy (non-hydrogen) atoms. The number of hydrogen-bond acceptors (Lipinski definition) is 4. The van der Waals surface area contributed by atoms with Gasteiger partial charge in [-0.2, -0.15) is 0 Å². The highest BCUT2D eigenvalue weighted by atomic mass is 19.4. The zero-order valence-corrected chi connectivity index (χ0v) is 11.1. The van der Waals surface area contributed by atoms with E-state index in [0.29, 0.717) is 0 Å². The highest BCUT2D eigenvalue weighted by molar-refractivity contribution is 6.10. The molecular formula is C13H11F3N2O4. The maximum atomic E-state index is 12.4. The minimum absolute atomic E-state index is 0.0410. The van der Waals surface area contributed by atoms with Crippen LogP contribution in [0.4, 0.5) is 18.9 Å². The average molecular weight is 316 g/mol. The van der Waals surface area contributed by atoms with E-state index in [1.165, 1.54) is 6.07 Å². The molecule has 2 amide bonds. The van der Waals surface area contributed by atoms with Crippen LogP contribution in [0.25, 0.3) is 0 Å². The van der Waals surface area contributed by atoms with E-state index in [1.54, 1.807) is 0 Å². The van der Waals surface area contributed by atoms with Gasteiger partial charge in [0.1, 0.15) is 11.8 Å². The van der Waals surface area contributed by atoms with Crippen LogP contribution in [-0.4, -0.2) is 46.9 Å². The molecule has 0 bridgehead atoms. The van der Waals surface area contributed by atoms with Crippen LogP contribution in [-0.2, 0) is 4.79 Å². The molecule has 118 valence electrons. The first-order valence-electron chi connectivity index (χ1n) is 6.44. The van der Waals surface area contributed by atoms with Gasteiger partial charge in [-0.3, -0.25) is 9.59 Å². The lowest BCUT2D eigenvalue weighted by Gasteiger charge is -2.19. The predicted molar refractivity (Wildman–Crippen MR) is 67.2 cm³/mol. The molecule has 2 atom stereocenters. The van der Waals surface area contributed by atoms with Gasteiger partial charge in [-0.15, -0.1) is 13.2 Å². The monoisotopic (exact) mass is 316 g/mol. The van der Waals surface area contributed by atoms with Crippen molar-refractivity contribution >= 4 is 17.5 Å². The van der Waals surface area contributed by atoms with Crippen molar-refractivity contribution in [2.24, 2.45) is 0 Å². The number of ether oxygens (including phenoxy) is 1. The quantitative estimate of drug-likeness (QED) is 0.813. The molecule has 0 unspecified atom stereocenters. The fourth-order valence-electron chi connectivity index (χ4n) is 2.66. The first-order chi connectivity index (χ1) is 10.2. The molecule has 0 aliphatic carbocycles. The molecule has 1 aromatic carbocycles. The summed E-state index contributed by atoms with van der Waals surface area (Å²) in [5, 5.41) is 12.1. The molecule has 3 rings (SSSR count). The van der Waals surface area contributed by atoms with Gasteiger partial charge in [-0.25, -0.2) is 0 Å². The van der Waals surface area contributed by atoms with Crippen molar-refractivity contribution < 1.29 is 32.6 Å². The van der Waals surface area contributed by atoms with Crippen LogP contribution in [0, 0.1) is 0 Å². The zero-order chi connectivity index (χ0) is 16.1. The third kappa shape index (κ3) is 2.59. The Labute approximate surface area is 122 Å². The normalized spacial score (nSPS) is 24.5. The van der Waals surface area contributed by atoms with Crippen molar-refractivity contribution in [3.63, 3.8) is 0 Å². The lowest BCUT2D eigenvalue weighted by atomic mass is 10.1. The van der Waals surface area contributed by atoms with Gasteiger partial charge in [0.15, 0.2) is 0 Å². The molecule has 2 aliphatic rings. The van der Waals surface area contributed by atoms with Gasteiger partial charge in [-0.05, 0) is 18.2 Å². The third-order valence-corrected chi connectivity index (χ3v) is 3.56. The molecule has 0 spiro atoms. The number of rotatable bonds is 1. The maximum Gasteiger partial charge on any atom is 0.573 e. The SMILES string of the molecule is O=C1Nc2ccc(OC(F)(F)F)cc2C(=O)N2C[C@H](O)C[C@@H]12. The lowest BCUT2D eigenvalue weighted by molar-refractivity contribution is -0.274. The molecule has 1 aromatic rings. The summed E-state index contributed by atoms with van der Waals surface area (Å²) in [6, 6.07) is 2.30. The van der Waals surface area contributed by atoms with E-state index in [2.05, 4.69) is 10.1 Å². The summed E-state index contributed by atoms with van der Waals surface area (Å²) in [6.07, 6.45) is -5.62. The first kappa shape index (κ1) is 14.6. The smallest absolute Gasteiger partial charge is 0.406 e. The van der Waals surface area contributed by atoms with Crippen LogP contribution >= 0.6 is 0 Å². The summed E-state index contributed by atoms with van der Waals surface area (Å²) in [6.45, 7) is -0.0410. The number of amides is 2. The van der Waals surface area contributed by atoms with Crippen molar-refractivity contribution in [2.75, 3.05) is 11.9 Å². The second kappa shape index (κ2) is 4.87. The van der Waals surface area contributed by atoms with E-state index >= 15 is 0 Å². The number of carbonyl (C=O) groups is 2. The second-order valence-corrected chi connectivity index (χ2v) is 5.11. The number of anilines is 1. The van der Waals surface area contributed by atoms with Gasteiger partial charge >= 0.3 is 6.36 Å². The standard InChI is InChI=1S/C13H11F3N2O4/c14-13(15,16)22-7-1-2-9-8(4-7)12(21)18-5-6(19)3-10(18)11(20)17-9/h1-2,4,6,10,19H,3,5H2,(H,17,20)/t6-,10+/m1/s1. The van der Waals surface area contributed by atoms with Crippen molar-refractivity contribution in [1.29, 1.82) is 0 Å². The van der Waals surface area contributed by atoms with E-state index < -0.39 is 36.1 Å². The molecule has 2 N–H and O–H groups in total.